The topological polar surface area (TPSA) is 57.0 Å². The second-order valence-electron chi connectivity index (χ2n) is 5.89. The number of aromatic hydroxyl groups is 1. The Balaban J connectivity index is 1.83. The van der Waals surface area contributed by atoms with Crippen molar-refractivity contribution < 1.29 is 5.11 Å². The van der Waals surface area contributed by atoms with Crippen LogP contribution in [0.4, 0.5) is 0 Å². The summed E-state index contributed by atoms with van der Waals surface area (Å²) in [5, 5.41) is 13.6. The number of hydrogen-bond acceptors (Lipinski definition) is 4. The van der Waals surface area contributed by atoms with Crippen LogP contribution < -0.4 is 5.32 Å². The van der Waals surface area contributed by atoms with E-state index in [1.54, 1.807) is 12.1 Å². The third-order valence-electron chi connectivity index (χ3n) is 4.10. The number of amidine groups is 2. The molecule has 0 saturated heterocycles. The molecule has 0 fully saturated rings. The highest BCUT2D eigenvalue weighted by Gasteiger charge is 2.22. The number of rotatable bonds is 3. The number of nitrogens with one attached hydrogen (secondary N) is 1. The fraction of sp³-hybridized carbons (Fsp3) is 0.0476. The molecule has 5 heteroatoms. The maximum atomic E-state index is 10.3. The molecule has 0 amide bonds. The zero-order chi connectivity index (χ0) is 17.9. The molecule has 0 atom stereocenters. The highest BCUT2D eigenvalue weighted by molar-refractivity contribution is 9.10. The van der Waals surface area contributed by atoms with Gasteiger partial charge in [-0.3, -0.25) is 0 Å². The summed E-state index contributed by atoms with van der Waals surface area (Å²) in [5.74, 6) is 1.63. The Bertz CT molecular complexity index is 929. The summed E-state index contributed by atoms with van der Waals surface area (Å²) in [6, 6.07) is 25.1. The lowest BCUT2D eigenvalue weighted by Crippen LogP contribution is -2.36. The highest BCUT2D eigenvalue weighted by atomic mass is 79.9. The van der Waals surface area contributed by atoms with Crippen LogP contribution >= 0.6 is 15.9 Å². The number of phenolic OH excluding ortho intramolecular Hbond substituents is 1. The van der Waals surface area contributed by atoms with E-state index in [2.05, 4.69) is 21.2 Å². The van der Waals surface area contributed by atoms with Crippen LogP contribution in [-0.4, -0.2) is 16.8 Å². The van der Waals surface area contributed by atoms with Gasteiger partial charge in [0.15, 0.2) is 6.17 Å². The second kappa shape index (κ2) is 7.14. The molecular formula is C21H16BrN3O. The number of aliphatic imine (C=N–C) groups is 2. The van der Waals surface area contributed by atoms with Gasteiger partial charge < -0.3 is 10.4 Å². The Morgan fingerprint density at radius 1 is 0.769 bits per heavy atom. The first-order chi connectivity index (χ1) is 12.7. The summed E-state index contributed by atoms with van der Waals surface area (Å²) < 4.78 is 0.872. The SMILES string of the molecule is Oc1ccc(Br)cc1C1N=C(c2ccccc2)NC(c2ccccc2)=N1. The van der Waals surface area contributed by atoms with Crippen molar-refractivity contribution in [3.8, 4) is 5.75 Å². The van der Waals surface area contributed by atoms with Crippen LogP contribution in [0.2, 0.25) is 0 Å². The monoisotopic (exact) mass is 405 g/mol. The van der Waals surface area contributed by atoms with Crippen LogP contribution in [0.5, 0.6) is 5.75 Å². The minimum absolute atomic E-state index is 0.174. The van der Waals surface area contributed by atoms with Crippen LogP contribution in [0.15, 0.2) is 93.3 Å². The summed E-state index contributed by atoms with van der Waals surface area (Å²) in [4.78, 5) is 9.47. The lowest BCUT2D eigenvalue weighted by molar-refractivity contribution is 0.462. The first-order valence-electron chi connectivity index (χ1n) is 8.22. The van der Waals surface area contributed by atoms with Crippen LogP contribution in [0.1, 0.15) is 22.9 Å². The van der Waals surface area contributed by atoms with E-state index < -0.39 is 6.17 Å². The van der Waals surface area contributed by atoms with E-state index in [1.807, 2.05) is 66.7 Å². The van der Waals surface area contributed by atoms with Gasteiger partial charge in [0, 0.05) is 21.2 Å². The number of nitrogens with zero attached hydrogens (tertiary/aromatic N) is 2. The molecule has 1 aliphatic heterocycles. The van der Waals surface area contributed by atoms with E-state index in [9.17, 15) is 5.11 Å². The summed E-state index contributed by atoms with van der Waals surface area (Å²) in [6.45, 7) is 0. The molecule has 0 spiro atoms. The van der Waals surface area contributed by atoms with E-state index in [4.69, 9.17) is 9.98 Å². The van der Waals surface area contributed by atoms with E-state index in [0.29, 0.717) is 5.56 Å². The van der Waals surface area contributed by atoms with Crippen LogP contribution in [-0.2, 0) is 0 Å². The van der Waals surface area contributed by atoms with E-state index in [-0.39, 0.29) is 5.75 Å². The van der Waals surface area contributed by atoms with Gasteiger partial charge in [0.1, 0.15) is 17.4 Å². The fourth-order valence-electron chi connectivity index (χ4n) is 2.81. The van der Waals surface area contributed by atoms with E-state index in [0.717, 1.165) is 27.3 Å². The van der Waals surface area contributed by atoms with Crippen molar-refractivity contribution in [3.05, 3.63) is 100 Å². The maximum absolute atomic E-state index is 10.3. The molecule has 4 rings (SSSR count). The summed E-state index contributed by atoms with van der Waals surface area (Å²) in [5.41, 5.74) is 2.59. The van der Waals surface area contributed by atoms with Gasteiger partial charge in [0.2, 0.25) is 0 Å². The first-order valence-corrected chi connectivity index (χ1v) is 9.02. The fourth-order valence-corrected chi connectivity index (χ4v) is 3.19. The minimum atomic E-state index is -0.529. The number of hydrogen-bond donors (Lipinski definition) is 2. The predicted octanol–water partition coefficient (Wildman–Crippen LogP) is 4.65. The molecule has 3 aromatic rings. The minimum Gasteiger partial charge on any atom is -0.508 e. The van der Waals surface area contributed by atoms with Crippen molar-refractivity contribution in [1.29, 1.82) is 0 Å². The Labute approximate surface area is 160 Å². The van der Waals surface area contributed by atoms with Crippen molar-refractivity contribution >= 4 is 27.6 Å². The normalized spacial score (nSPS) is 14.3. The Kier molecular flexibility index (Phi) is 4.54. The smallest absolute Gasteiger partial charge is 0.173 e. The molecule has 3 aromatic carbocycles. The van der Waals surface area contributed by atoms with Crippen molar-refractivity contribution in [3.63, 3.8) is 0 Å². The average Bonchev–Trinajstić information content (AvgIpc) is 2.71. The molecule has 2 N–H and O–H groups in total. The van der Waals surface area contributed by atoms with Crippen LogP contribution in [0, 0.1) is 0 Å². The van der Waals surface area contributed by atoms with Gasteiger partial charge in [0.05, 0.1) is 0 Å². The van der Waals surface area contributed by atoms with Gasteiger partial charge in [-0.25, -0.2) is 9.98 Å². The zero-order valence-electron chi connectivity index (χ0n) is 13.8. The van der Waals surface area contributed by atoms with Crippen LogP contribution in [0.25, 0.3) is 0 Å². The van der Waals surface area contributed by atoms with Gasteiger partial charge in [-0.05, 0) is 18.2 Å². The Morgan fingerprint density at radius 2 is 1.31 bits per heavy atom. The maximum Gasteiger partial charge on any atom is 0.173 e. The Hall–Kier alpha value is -2.92. The van der Waals surface area contributed by atoms with Gasteiger partial charge in [-0.15, -0.1) is 0 Å². The second-order valence-corrected chi connectivity index (χ2v) is 6.80. The number of benzene rings is 3. The van der Waals surface area contributed by atoms with Crippen molar-refractivity contribution in [2.45, 2.75) is 6.17 Å². The van der Waals surface area contributed by atoms with Crippen LogP contribution in [0.3, 0.4) is 0 Å². The molecule has 0 radical (unpaired) electrons. The largest absolute Gasteiger partial charge is 0.508 e. The third kappa shape index (κ3) is 3.39. The van der Waals surface area contributed by atoms with Gasteiger partial charge in [0.25, 0.3) is 0 Å². The first kappa shape index (κ1) is 16.5. The Morgan fingerprint density at radius 3 is 1.85 bits per heavy atom. The summed E-state index contributed by atoms with van der Waals surface area (Å²) in [7, 11) is 0. The molecule has 0 unspecified atom stereocenters. The molecule has 1 aliphatic rings. The number of halogens is 1. The van der Waals surface area contributed by atoms with Gasteiger partial charge in [-0.2, -0.15) is 0 Å². The van der Waals surface area contributed by atoms with Crippen molar-refractivity contribution in [2.24, 2.45) is 9.98 Å². The molecule has 4 nitrogen and oxygen atoms in total. The average molecular weight is 406 g/mol. The quantitative estimate of drug-likeness (QED) is 0.665. The van der Waals surface area contributed by atoms with Crippen molar-refractivity contribution in [1.82, 2.24) is 5.32 Å². The van der Waals surface area contributed by atoms with Gasteiger partial charge >= 0.3 is 0 Å². The van der Waals surface area contributed by atoms with Crippen molar-refractivity contribution in [2.75, 3.05) is 0 Å². The summed E-state index contributed by atoms with van der Waals surface area (Å²) >= 11 is 3.46. The highest BCUT2D eigenvalue weighted by Crippen LogP contribution is 2.32. The number of phenols is 1. The molecular weight excluding hydrogens is 390 g/mol. The van der Waals surface area contributed by atoms with E-state index >= 15 is 0 Å². The molecule has 128 valence electrons. The zero-order valence-corrected chi connectivity index (χ0v) is 15.4. The lowest BCUT2D eigenvalue weighted by atomic mass is 10.1. The molecule has 0 bridgehead atoms. The molecule has 0 aliphatic carbocycles. The molecule has 0 saturated carbocycles. The molecule has 26 heavy (non-hydrogen) atoms. The predicted molar refractivity (Wildman–Crippen MR) is 108 cm³/mol. The third-order valence-corrected chi connectivity index (χ3v) is 4.60. The van der Waals surface area contributed by atoms with E-state index in [1.165, 1.54) is 0 Å². The lowest BCUT2D eigenvalue weighted by Gasteiger charge is -2.22. The van der Waals surface area contributed by atoms with Gasteiger partial charge in [-0.1, -0.05) is 76.6 Å². The molecule has 0 aromatic heterocycles. The summed E-state index contributed by atoms with van der Waals surface area (Å²) in [6.07, 6.45) is -0.529. The molecule has 1 heterocycles. The standard InChI is InChI=1S/C21H16BrN3O/c22-16-11-12-18(26)17(13-16)21-24-19(14-7-3-1-4-8-14)23-20(25-21)15-9-5-2-6-10-15/h1-13,21,26H,(H,23,24,25).